The summed E-state index contributed by atoms with van der Waals surface area (Å²) in [6, 6.07) is 0. The fraction of sp³-hybridized carbons (Fsp3) is 1.00. The van der Waals surface area contributed by atoms with Crippen LogP contribution in [0.3, 0.4) is 0 Å². The quantitative estimate of drug-likeness (QED) is 0.659. The molecule has 0 spiro atoms. The number of hydrogen-bond donors (Lipinski definition) is 1. The van der Waals surface area contributed by atoms with Crippen molar-refractivity contribution in [2.24, 2.45) is 11.7 Å². The van der Waals surface area contributed by atoms with E-state index in [4.69, 9.17) is 10.5 Å². The van der Waals surface area contributed by atoms with E-state index >= 15 is 0 Å². The van der Waals surface area contributed by atoms with Gasteiger partial charge >= 0.3 is 0 Å². The molecular weight excluding hydrogens is 226 g/mol. The van der Waals surface area contributed by atoms with Gasteiger partial charge in [0.25, 0.3) is 0 Å². The van der Waals surface area contributed by atoms with Crippen LogP contribution < -0.4 is 5.73 Å². The molecule has 4 nitrogen and oxygen atoms in total. The first kappa shape index (κ1) is 15.9. The number of hydrogen-bond acceptors (Lipinski definition) is 4. The minimum absolute atomic E-state index is 0.744. The maximum Gasteiger partial charge on any atom is 0.0593 e. The van der Waals surface area contributed by atoms with Crippen molar-refractivity contribution in [2.45, 2.75) is 26.7 Å². The number of rotatable bonds is 8. The van der Waals surface area contributed by atoms with Crippen molar-refractivity contribution < 1.29 is 4.74 Å². The van der Waals surface area contributed by atoms with Crippen molar-refractivity contribution in [2.75, 3.05) is 59.0 Å². The Balaban J connectivity index is 2.04. The highest BCUT2D eigenvalue weighted by atomic mass is 16.5. The Morgan fingerprint density at radius 2 is 1.67 bits per heavy atom. The first-order chi connectivity index (χ1) is 8.72. The first-order valence-corrected chi connectivity index (χ1v) is 7.45. The second-order valence-corrected chi connectivity index (χ2v) is 5.62. The Morgan fingerprint density at radius 1 is 1.00 bits per heavy atom. The summed E-state index contributed by atoms with van der Waals surface area (Å²) in [6.45, 7) is 13.9. The molecule has 4 heteroatoms. The lowest BCUT2D eigenvalue weighted by Gasteiger charge is -2.21. The highest BCUT2D eigenvalue weighted by Gasteiger charge is 2.13. The van der Waals surface area contributed by atoms with E-state index in [1.807, 2.05) is 0 Å². The summed E-state index contributed by atoms with van der Waals surface area (Å²) in [5.41, 5.74) is 5.61. The number of nitrogens with zero attached hydrogens (tertiary/aromatic N) is 2. The molecule has 108 valence electrons. The molecule has 1 aliphatic rings. The van der Waals surface area contributed by atoms with E-state index in [2.05, 4.69) is 23.6 Å². The lowest BCUT2D eigenvalue weighted by atomic mass is 10.1. The highest BCUT2D eigenvalue weighted by Crippen LogP contribution is 2.03. The molecule has 0 saturated carbocycles. The standard InChI is InChI=1S/C14H31N3O/c1-14(2)4-12-18-13-11-17-7-3-6-16(8-5-15)9-10-17/h14H,3-13,15H2,1-2H3. The largest absolute Gasteiger partial charge is 0.380 e. The molecule has 1 fully saturated rings. The van der Waals surface area contributed by atoms with Gasteiger partial charge in [-0.1, -0.05) is 13.8 Å². The van der Waals surface area contributed by atoms with Crippen molar-refractivity contribution >= 4 is 0 Å². The number of ether oxygens (including phenoxy) is 1. The maximum absolute atomic E-state index is 5.69. The van der Waals surface area contributed by atoms with Crippen LogP contribution in [0, 0.1) is 5.92 Å². The highest BCUT2D eigenvalue weighted by molar-refractivity contribution is 4.69. The monoisotopic (exact) mass is 257 g/mol. The third kappa shape index (κ3) is 7.31. The van der Waals surface area contributed by atoms with Crippen LogP contribution in [0.4, 0.5) is 0 Å². The molecule has 0 unspecified atom stereocenters. The van der Waals surface area contributed by atoms with Gasteiger partial charge in [-0.2, -0.15) is 0 Å². The van der Waals surface area contributed by atoms with Gasteiger partial charge in [-0.3, -0.25) is 4.90 Å². The van der Waals surface area contributed by atoms with Crippen LogP contribution in [0.2, 0.25) is 0 Å². The van der Waals surface area contributed by atoms with Crippen LogP contribution in [0.5, 0.6) is 0 Å². The molecule has 1 rings (SSSR count). The van der Waals surface area contributed by atoms with Gasteiger partial charge in [0.05, 0.1) is 6.61 Å². The molecule has 2 N–H and O–H groups in total. The minimum Gasteiger partial charge on any atom is -0.380 e. The number of nitrogens with two attached hydrogens (primary N) is 1. The maximum atomic E-state index is 5.69. The van der Waals surface area contributed by atoms with E-state index in [9.17, 15) is 0 Å². The summed E-state index contributed by atoms with van der Waals surface area (Å²) in [6.07, 6.45) is 2.43. The third-order valence-electron chi connectivity index (χ3n) is 3.52. The van der Waals surface area contributed by atoms with Crippen molar-refractivity contribution in [3.8, 4) is 0 Å². The lowest BCUT2D eigenvalue weighted by Crippen LogP contribution is -2.35. The van der Waals surface area contributed by atoms with Gasteiger partial charge in [0.15, 0.2) is 0 Å². The summed E-state index contributed by atoms with van der Waals surface area (Å²) in [5.74, 6) is 0.744. The Morgan fingerprint density at radius 3 is 2.28 bits per heavy atom. The van der Waals surface area contributed by atoms with Crippen LogP contribution in [-0.2, 0) is 4.74 Å². The summed E-state index contributed by atoms with van der Waals surface area (Å²) < 4.78 is 5.69. The summed E-state index contributed by atoms with van der Waals surface area (Å²) in [7, 11) is 0. The fourth-order valence-electron chi connectivity index (χ4n) is 2.27. The van der Waals surface area contributed by atoms with Crippen molar-refractivity contribution in [1.29, 1.82) is 0 Å². The average Bonchev–Trinajstić information content (AvgIpc) is 2.55. The van der Waals surface area contributed by atoms with Crippen LogP contribution >= 0.6 is 0 Å². The van der Waals surface area contributed by atoms with Gasteiger partial charge in [-0.15, -0.1) is 0 Å². The molecule has 0 amide bonds. The van der Waals surface area contributed by atoms with Crippen LogP contribution in [0.15, 0.2) is 0 Å². The molecule has 0 aromatic heterocycles. The summed E-state index contributed by atoms with van der Waals surface area (Å²) in [4.78, 5) is 4.99. The topological polar surface area (TPSA) is 41.7 Å². The smallest absolute Gasteiger partial charge is 0.0593 e. The first-order valence-electron chi connectivity index (χ1n) is 7.45. The molecule has 1 aliphatic heterocycles. The van der Waals surface area contributed by atoms with E-state index in [0.717, 1.165) is 51.9 Å². The second-order valence-electron chi connectivity index (χ2n) is 5.62. The van der Waals surface area contributed by atoms with E-state index in [1.54, 1.807) is 0 Å². The zero-order valence-electron chi connectivity index (χ0n) is 12.2. The van der Waals surface area contributed by atoms with E-state index in [1.165, 1.54) is 25.9 Å². The van der Waals surface area contributed by atoms with Crippen molar-refractivity contribution in [3.05, 3.63) is 0 Å². The molecule has 1 saturated heterocycles. The molecule has 0 aliphatic carbocycles. The molecule has 1 heterocycles. The Kier molecular flexibility index (Phi) is 8.59. The van der Waals surface area contributed by atoms with Gasteiger partial charge in [-0.25, -0.2) is 0 Å². The summed E-state index contributed by atoms with van der Waals surface area (Å²) >= 11 is 0. The fourth-order valence-corrected chi connectivity index (χ4v) is 2.27. The normalized spacial score (nSPS) is 19.3. The molecule has 18 heavy (non-hydrogen) atoms. The molecule has 0 aromatic rings. The minimum atomic E-state index is 0.744. The van der Waals surface area contributed by atoms with Gasteiger partial charge in [0, 0.05) is 39.3 Å². The van der Waals surface area contributed by atoms with Crippen molar-refractivity contribution in [3.63, 3.8) is 0 Å². The van der Waals surface area contributed by atoms with Gasteiger partial charge in [0.1, 0.15) is 0 Å². The lowest BCUT2D eigenvalue weighted by molar-refractivity contribution is 0.0970. The van der Waals surface area contributed by atoms with E-state index in [0.29, 0.717) is 0 Å². The van der Waals surface area contributed by atoms with Crippen molar-refractivity contribution in [1.82, 2.24) is 9.80 Å². The van der Waals surface area contributed by atoms with Gasteiger partial charge in [-0.05, 0) is 31.8 Å². The van der Waals surface area contributed by atoms with Crippen LogP contribution in [0.1, 0.15) is 26.7 Å². The van der Waals surface area contributed by atoms with Gasteiger partial charge < -0.3 is 15.4 Å². The zero-order chi connectivity index (χ0) is 13.2. The molecule has 0 atom stereocenters. The summed E-state index contributed by atoms with van der Waals surface area (Å²) in [5, 5.41) is 0. The zero-order valence-corrected chi connectivity index (χ0v) is 12.2. The Labute approximate surface area is 112 Å². The van der Waals surface area contributed by atoms with Crippen LogP contribution in [0.25, 0.3) is 0 Å². The predicted molar refractivity (Wildman–Crippen MR) is 76.8 cm³/mol. The van der Waals surface area contributed by atoms with Gasteiger partial charge in [0.2, 0.25) is 0 Å². The molecule has 0 radical (unpaired) electrons. The average molecular weight is 257 g/mol. The SMILES string of the molecule is CC(C)CCOCCN1CCCN(CCN)CC1. The Bertz CT molecular complexity index is 199. The Hall–Kier alpha value is -0.160. The second kappa shape index (κ2) is 9.73. The van der Waals surface area contributed by atoms with Crippen LogP contribution in [-0.4, -0.2) is 68.8 Å². The molecular formula is C14H31N3O. The molecule has 0 bridgehead atoms. The molecule has 0 aromatic carbocycles. The third-order valence-corrected chi connectivity index (χ3v) is 3.52. The predicted octanol–water partition coefficient (Wildman–Crippen LogP) is 1.02. The van der Waals surface area contributed by atoms with E-state index in [-0.39, 0.29) is 0 Å². The van der Waals surface area contributed by atoms with E-state index < -0.39 is 0 Å².